The molecule has 66 valence electrons. The molecule has 12 heavy (non-hydrogen) atoms. The zero-order valence-corrected chi connectivity index (χ0v) is 8.23. The summed E-state index contributed by atoms with van der Waals surface area (Å²) in [6.45, 7) is 3.88. The van der Waals surface area contributed by atoms with Crippen LogP contribution >= 0.6 is 11.9 Å². The van der Waals surface area contributed by atoms with E-state index >= 15 is 0 Å². The first-order valence-corrected chi connectivity index (χ1v) is 4.79. The lowest BCUT2D eigenvalue weighted by molar-refractivity contribution is 0.1000. The van der Waals surface area contributed by atoms with Crippen molar-refractivity contribution in [1.82, 2.24) is 3.97 Å². The van der Waals surface area contributed by atoms with Crippen molar-refractivity contribution in [1.29, 1.82) is 0 Å². The molecular formula is C8H12N2OS. The van der Waals surface area contributed by atoms with E-state index in [4.69, 9.17) is 5.73 Å². The summed E-state index contributed by atoms with van der Waals surface area (Å²) in [4.78, 5) is 10.9. The molecule has 1 rings (SSSR count). The Labute approximate surface area is 76.1 Å². The predicted molar refractivity (Wildman–Crippen MR) is 51.3 cm³/mol. The number of carbonyl (C=O) groups is 1. The van der Waals surface area contributed by atoms with Crippen molar-refractivity contribution in [3.63, 3.8) is 0 Å². The van der Waals surface area contributed by atoms with Gasteiger partial charge in [-0.1, -0.05) is 0 Å². The molecule has 0 aliphatic rings. The molecule has 0 radical (unpaired) electrons. The van der Waals surface area contributed by atoms with Crippen LogP contribution in [0.2, 0.25) is 0 Å². The molecule has 1 aromatic rings. The van der Waals surface area contributed by atoms with Crippen molar-refractivity contribution in [3.8, 4) is 0 Å². The van der Waals surface area contributed by atoms with Gasteiger partial charge in [0.1, 0.15) is 0 Å². The molecule has 1 amide bonds. The van der Waals surface area contributed by atoms with E-state index in [1.165, 1.54) is 0 Å². The fraction of sp³-hybridized carbons (Fsp3) is 0.375. The predicted octanol–water partition coefficient (Wildman–Crippen LogP) is 1.33. The van der Waals surface area contributed by atoms with E-state index in [2.05, 4.69) is 0 Å². The van der Waals surface area contributed by atoms with Crippen molar-refractivity contribution in [2.24, 2.45) is 5.73 Å². The highest BCUT2D eigenvalue weighted by Crippen LogP contribution is 2.18. The lowest BCUT2D eigenvalue weighted by Gasteiger charge is -1.98. The third kappa shape index (κ3) is 1.34. The smallest absolute Gasteiger partial charge is 0.250 e. The number of aromatic nitrogens is 1. The number of hydrogen-bond donors (Lipinski definition) is 1. The normalized spacial score (nSPS) is 10.2. The van der Waals surface area contributed by atoms with E-state index in [9.17, 15) is 4.79 Å². The van der Waals surface area contributed by atoms with E-state index in [1.54, 1.807) is 18.1 Å². The van der Waals surface area contributed by atoms with Gasteiger partial charge in [-0.05, 0) is 31.4 Å². The fourth-order valence-corrected chi connectivity index (χ4v) is 1.73. The Morgan fingerprint density at radius 2 is 2.17 bits per heavy atom. The number of hydrogen-bond acceptors (Lipinski definition) is 2. The minimum absolute atomic E-state index is 0.358. The molecule has 0 unspecified atom stereocenters. The molecule has 0 aliphatic heterocycles. The maximum atomic E-state index is 10.9. The van der Waals surface area contributed by atoms with Crippen LogP contribution < -0.4 is 5.73 Å². The Kier molecular flexibility index (Phi) is 2.47. The lowest BCUT2D eigenvalue weighted by atomic mass is 10.2. The maximum absolute atomic E-state index is 10.9. The van der Waals surface area contributed by atoms with Crippen molar-refractivity contribution < 1.29 is 4.79 Å². The van der Waals surface area contributed by atoms with E-state index < -0.39 is 0 Å². The molecule has 0 saturated carbocycles. The lowest BCUT2D eigenvalue weighted by Crippen LogP contribution is -2.11. The first-order valence-electron chi connectivity index (χ1n) is 3.60. The van der Waals surface area contributed by atoms with Gasteiger partial charge in [-0.2, -0.15) is 0 Å². The van der Waals surface area contributed by atoms with E-state index in [-0.39, 0.29) is 5.91 Å². The fourth-order valence-electron chi connectivity index (χ4n) is 1.11. The van der Waals surface area contributed by atoms with Gasteiger partial charge in [0, 0.05) is 18.1 Å². The quantitative estimate of drug-likeness (QED) is 0.753. The Morgan fingerprint density at radius 1 is 1.58 bits per heavy atom. The van der Waals surface area contributed by atoms with E-state index in [0.29, 0.717) is 5.56 Å². The largest absolute Gasteiger partial charge is 0.366 e. The molecule has 0 fully saturated rings. The third-order valence-electron chi connectivity index (χ3n) is 1.99. The third-order valence-corrected chi connectivity index (χ3v) is 2.76. The molecule has 0 aliphatic carbocycles. The van der Waals surface area contributed by atoms with Crippen LogP contribution in [0, 0.1) is 13.8 Å². The molecule has 0 spiro atoms. The second kappa shape index (κ2) is 3.23. The highest BCUT2D eigenvalue weighted by atomic mass is 32.2. The Morgan fingerprint density at radius 3 is 2.42 bits per heavy atom. The van der Waals surface area contributed by atoms with Crippen LogP contribution in [0.25, 0.3) is 0 Å². The summed E-state index contributed by atoms with van der Waals surface area (Å²) in [6.07, 6.45) is 3.73. The standard InChI is InChI=1S/C8H12N2OS/c1-5-6(2)10(12-3)4-7(5)8(9)11/h4H,1-3H3,(H2,9,11). The molecule has 0 bridgehead atoms. The zero-order valence-electron chi connectivity index (χ0n) is 7.42. The monoisotopic (exact) mass is 184 g/mol. The highest BCUT2D eigenvalue weighted by Gasteiger charge is 2.11. The molecule has 2 N–H and O–H groups in total. The van der Waals surface area contributed by atoms with Crippen molar-refractivity contribution in [3.05, 3.63) is 23.0 Å². The summed E-state index contributed by atoms with van der Waals surface area (Å²) in [5.41, 5.74) is 7.85. The van der Waals surface area contributed by atoms with Gasteiger partial charge in [0.15, 0.2) is 0 Å². The van der Waals surface area contributed by atoms with Gasteiger partial charge in [-0.15, -0.1) is 0 Å². The summed E-state index contributed by atoms with van der Waals surface area (Å²) in [7, 11) is 0. The number of carbonyl (C=O) groups excluding carboxylic acids is 1. The van der Waals surface area contributed by atoms with Crippen molar-refractivity contribution >= 4 is 17.9 Å². The molecule has 1 heterocycles. The molecule has 3 nitrogen and oxygen atoms in total. The summed E-state index contributed by atoms with van der Waals surface area (Å²) in [6, 6.07) is 0. The number of primary amides is 1. The second-order valence-corrected chi connectivity index (χ2v) is 3.38. The van der Waals surface area contributed by atoms with Gasteiger partial charge >= 0.3 is 0 Å². The summed E-state index contributed by atoms with van der Waals surface area (Å²) < 4.78 is 1.94. The SMILES string of the molecule is CSn1cc(C(N)=O)c(C)c1C. The summed E-state index contributed by atoms with van der Waals surface area (Å²) in [5, 5.41) is 0. The molecular weight excluding hydrogens is 172 g/mol. The number of nitrogens with zero attached hydrogens (tertiary/aromatic N) is 1. The maximum Gasteiger partial charge on any atom is 0.250 e. The average Bonchev–Trinajstić information content (AvgIpc) is 2.30. The van der Waals surface area contributed by atoms with Crippen LogP contribution in [0.15, 0.2) is 6.20 Å². The molecule has 0 atom stereocenters. The van der Waals surface area contributed by atoms with Crippen molar-refractivity contribution in [2.75, 3.05) is 6.26 Å². The molecule has 0 saturated heterocycles. The summed E-state index contributed by atoms with van der Waals surface area (Å²) in [5.74, 6) is -0.358. The van der Waals surface area contributed by atoms with Crippen molar-refractivity contribution in [2.45, 2.75) is 13.8 Å². The first-order chi connectivity index (χ1) is 5.57. The topological polar surface area (TPSA) is 48.0 Å². The average molecular weight is 184 g/mol. The molecule has 4 heteroatoms. The van der Waals surface area contributed by atoms with Gasteiger partial charge in [-0.25, -0.2) is 0 Å². The van der Waals surface area contributed by atoms with Crippen LogP contribution in [0.1, 0.15) is 21.6 Å². The van der Waals surface area contributed by atoms with Crippen LogP contribution in [0.3, 0.4) is 0 Å². The number of amides is 1. The minimum atomic E-state index is -0.358. The Balaban J connectivity index is 3.25. The molecule has 1 aromatic heterocycles. The molecule has 0 aromatic carbocycles. The van der Waals surface area contributed by atoms with Crippen LogP contribution in [0.4, 0.5) is 0 Å². The minimum Gasteiger partial charge on any atom is -0.366 e. The summed E-state index contributed by atoms with van der Waals surface area (Å²) >= 11 is 1.56. The van der Waals surface area contributed by atoms with Gasteiger partial charge in [0.05, 0.1) is 5.56 Å². The number of rotatable bonds is 2. The van der Waals surface area contributed by atoms with E-state index in [1.807, 2.05) is 24.1 Å². The van der Waals surface area contributed by atoms with Gasteiger partial charge in [0.25, 0.3) is 5.91 Å². The van der Waals surface area contributed by atoms with Gasteiger partial charge in [0.2, 0.25) is 0 Å². The number of nitrogens with two attached hydrogens (primary N) is 1. The second-order valence-electron chi connectivity index (χ2n) is 2.63. The van der Waals surface area contributed by atoms with E-state index in [0.717, 1.165) is 11.3 Å². The van der Waals surface area contributed by atoms with Gasteiger partial charge in [-0.3, -0.25) is 8.77 Å². The van der Waals surface area contributed by atoms with Gasteiger partial charge < -0.3 is 5.73 Å². The highest BCUT2D eigenvalue weighted by molar-refractivity contribution is 7.97. The van der Waals surface area contributed by atoms with Crippen LogP contribution in [-0.2, 0) is 0 Å². The Hall–Kier alpha value is -0.900. The van der Waals surface area contributed by atoms with Crippen LogP contribution in [0.5, 0.6) is 0 Å². The first kappa shape index (κ1) is 9.19. The Bertz CT molecular complexity index is 317. The van der Waals surface area contributed by atoms with Crippen LogP contribution in [-0.4, -0.2) is 16.1 Å². The zero-order chi connectivity index (χ0) is 9.30.